The first-order chi connectivity index (χ1) is 12.3. The summed E-state index contributed by atoms with van der Waals surface area (Å²) in [5, 5.41) is 6.47. The Hall–Kier alpha value is -1.77. The van der Waals surface area contributed by atoms with Gasteiger partial charge in [-0.2, -0.15) is 0 Å². The highest BCUT2D eigenvalue weighted by Gasteiger charge is 2.19. The molecule has 2 aromatic rings. The second-order valence-electron chi connectivity index (χ2n) is 7.37. The van der Waals surface area contributed by atoms with Gasteiger partial charge >= 0.3 is 0 Å². The summed E-state index contributed by atoms with van der Waals surface area (Å²) < 4.78 is 11.7. The molecule has 7 heteroatoms. The van der Waals surface area contributed by atoms with E-state index in [-0.39, 0.29) is 35.5 Å². The van der Waals surface area contributed by atoms with Crippen LogP contribution in [0.4, 0.5) is 0 Å². The zero-order chi connectivity index (χ0) is 19.2. The Bertz CT molecular complexity index is 738. The van der Waals surface area contributed by atoms with E-state index in [9.17, 15) is 0 Å². The molecule has 0 radical (unpaired) electrons. The number of guanidine groups is 1. The fraction of sp³-hybridized carbons (Fsp3) is 0.500. The standard InChI is InChI=1S/C20H30N4O2.HI/c1-14-9-7-8-10-16(14)25-15(2)11-23-19(21-6)24-13-18-22-12-17(26-18)20(3,4)5;/h7-10,12,15H,11,13H2,1-6H3,(H2,21,23,24);1H. The van der Waals surface area contributed by atoms with Crippen molar-refractivity contribution in [3.8, 4) is 5.75 Å². The van der Waals surface area contributed by atoms with E-state index < -0.39 is 0 Å². The van der Waals surface area contributed by atoms with Crippen LogP contribution in [-0.2, 0) is 12.0 Å². The summed E-state index contributed by atoms with van der Waals surface area (Å²) in [6.07, 6.45) is 1.79. The number of ether oxygens (including phenoxy) is 1. The molecule has 2 rings (SSSR count). The number of halogens is 1. The molecule has 1 aromatic heterocycles. The van der Waals surface area contributed by atoms with E-state index in [4.69, 9.17) is 9.15 Å². The van der Waals surface area contributed by atoms with E-state index in [2.05, 4.69) is 41.4 Å². The van der Waals surface area contributed by atoms with E-state index in [0.29, 0.717) is 24.9 Å². The predicted molar refractivity (Wildman–Crippen MR) is 120 cm³/mol. The lowest BCUT2D eigenvalue weighted by Gasteiger charge is -2.18. The van der Waals surface area contributed by atoms with Crippen molar-refractivity contribution < 1.29 is 9.15 Å². The number of aliphatic imine (C=N–C) groups is 1. The van der Waals surface area contributed by atoms with Crippen molar-refractivity contribution in [2.75, 3.05) is 13.6 Å². The molecule has 0 amide bonds. The van der Waals surface area contributed by atoms with E-state index in [1.165, 1.54) is 0 Å². The lowest BCUT2D eigenvalue weighted by Crippen LogP contribution is -2.41. The lowest BCUT2D eigenvalue weighted by molar-refractivity contribution is 0.222. The Kier molecular flexibility index (Phi) is 9.08. The third-order valence-electron chi connectivity index (χ3n) is 3.90. The van der Waals surface area contributed by atoms with Crippen molar-refractivity contribution in [1.29, 1.82) is 0 Å². The van der Waals surface area contributed by atoms with Crippen LogP contribution in [0.3, 0.4) is 0 Å². The number of hydrogen-bond acceptors (Lipinski definition) is 4. The fourth-order valence-corrected chi connectivity index (χ4v) is 2.31. The van der Waals surface area contributed by atoms with E-state index in [0.717, 1.165) is 17.1 Å². The van der Waals surface area contributed by atoms with Crippen molar-refractivity contribution in [3.05, 3.63) is 47.7 Å². The molecule has 6 nitrogen and oxygen atoms in total. The van der Waals surface area contributed by atoms with E-state index in [1.807, 2.05) is 38.1 Å². The van der Waals surface area contributed by atoms with Gasteiger partial charge in [0.1, 0.15) is 17.6 Å². The maximum absolute atomic E-state index is 5.97. The van der Waals surface area contributed by atoms with Crippen LogP contribution in [0.25, 0.3) is 0 Å². The summed E-state index contributed by atoms with van der Waals surface area (Å²) in [4.78, 5) is 8.54. The van der Waals surface area contributed by atoms with Gasteiger partial charge in [0.05, 0.1) is 19.3 Å². The van der Waals surface area contributed by atoms with E-state index >= 15 is 0 Å². The summed E-state index contributed by atoms with van der Waals surface area (Å²) in [6.45, 7) is 11.5. The molecule has 0 aliphatic carbocycles. The number of aryl methyl sites for hydroxylation is 1. The Morgan fingerprint density at radius 2 is 1.96 bits per heavy atom. The molecule has 27 heavy (non-hydrogen) atoms. The highest BCUT2D eigenvalue weighted by Crippen LogP contribution is 2.22. The molecule has 0 saturated carbocycles. The molecule has 1 atom stereocenters. The fourth-order valence-electron chi connectivity index (χ4n) is 2.31. The molecule has 150 valence electrons. The van der Waals surface area contributed by atoms with Crippen LogP contribution < -0.4 is 15.4 Å². The van der Waals surface area contributed by atoms with Crippen LogP contribution in [0.15, 0.2) is 39.9 Å². The highest BCUT2D eigenvalue weighted by molar-refractivity contribution is 14.0. The molecule has 2 N–H and O–H groups in total. The maximum Gasteiger partial charge on any atom is 0.213 e. The number of benzene rings is 1. The second kappa shape index (κ2) is 10.5. The van der Waals surface area contributed by atoms with E-state index in [1.54, 1.807) is 13.2 Å². The Morgan fingerprint density at radius 1 is 1.26 bits per heavy atom. The van der Waals surface area contributed by atoms with Gasteiger partial charge in [-0.1, -0.05) is 39.0 Å². The smallest absolute Gasteiger partial charge is 0.213 e. The monoisotopic (exact) mass is 486 g/mol. The summed E-state index contributed by atoms with van der Waals surface area (Å²) in [7, 11) is 1.73. The molecule has 1 unspecified atom stereocenters. The Morgan fingerprint density at radius 3 is 2.56 bits per heavy atom. The largest absolute Gasteiger partial charge is 0.489 e. The first kappa shape index (κ1) is 23.3. The van der Waals surface area contributed by atoms with Crippen molar-refractivity contribution in [2.24, 2.45) is 4.99 Å². The minimum Gasteiger partial charge on any atom is -0.489 e. The van der Waals surface area contributed by atoms with Crippen molar-refractivity contribution in [2.45, 2.75) is 52.7 Å². The van der Waals surface area contributed by atoms with Crippen LogP contribution in [-0.4, -0.2) is 30.6 Å². The Labute approximate surface area is 179 Å². The molecule has 1 aromatic carbocycles. The summed E-state index contributed by atoms with van der Waals surface area (Å²) in [5.41, 5.74) is 1.08. The van der Waals surface area contributed by atoms with Crippen LogP contribution >= 0.6 is 24.0 Å². The first-order valence-corrected chi connectivity index (χ1v) is 8.91. The normalized spacial score (nSPS) is 12.9. The van der Waals surface area contributed by atoms with Gasteiger partial charge in [-0.25, -0.2) is 4.98 Å². The number of oxazole rings is 1. The third-order valence-corrected chi connectivity index (χ3v) is 3.90. The SMILES string of the molecule is CN=C(NCc1ncc(C(C)(C)C)o1)NCC(C)Oc1ccccc1C.I. The molecular weight excluding hydrogens is 455 g/mol. The van der Waals surface area contributed by atoms with Crippen LogP contribution in [0.2, 0.25) is 0 Å². The zero-order valence-corrected chi connectivity index (χ0v) is 19.3. The summed E-state index contributed by atoms with van der Waals surface area (Å²) in [5.74, 6) is 3.10. The summed E-state index contributed by atoms with van der Waals surface area (Å²) in [6, 6.07) is 8.00. The number of rotatable bonds is 6. The van der Waals surface area contributed by atoms with Crippen molar-refractivity contribution in [3.63, 3.8) is 0 Å². The quantitative estimate of drug-likeness (QED) is 0.367. The first-order valence-electron chi connectivity index (χ1n) is 8.91. The van der Waals surface area contributed by atoms with Gasteiger partial charge in [-0.3, -0.25) is 4.99 Å². The third kappa shape index (κ3) is 7.40. The van der Waals surface area contributed by atoms with Gasteiger partial charge in [0.2, 0.25) is 5.89 Å². The maximum atomic E-state index is 5.97. The number of aromatic nitrogens is 1. The van der Waals surface area contributed by atoms with Gasteiger partial charge in [0.15, 0.2) is 5.96 Å². The molecule has 0 spiro atoms. The zero-order valence-electron chi connectivity index (χ0n) is 17.0. The number of nitrogens with zero attached hydrogens (tertiary/aromatic N) is 2. The molecule has 0 saturated heterocycles. The van der Waals surface area contributed by atoms with Crippen LogP contribution in [0.1, 0.15) is 44.9 Å². The number of hydrogen-bond donors (Lipinski definition) is 2. The van der Waals surface area contributed by atoms with Crippen molar-refractivity contribution in [1.82, 2.24) is 15.6 Å². The predicted octanol–water partition coefficient (Wildman–Crippen LogP) is 4.03. The minimum absolute atomic E-state index is 0. The molecule has 0 bridgehead atoms. The lowest BCUT2D eigenvalue weighted by atomic mass is 9.94. The summed E-state index contributed by atoms with van der Waals surface area (Å²) >= 11 is 0. The average Bonchev–Trinajstić information content (AvgIpc) is 3.06. The molecule has 0 fully saturated rings. The number of nitrogens with one attached hydrogen (secondary N) is 2. The average molecular weight is 486 g/mol. The molecule has 1 heterocycles. The van der Waals surface area contributed by atoms with Gasteiger partial charge in [-0.05, 0) is 25.5 Å². The van der Waals surface area contributed by atoms with Gasteiger partial charge in [0.25, 0.3) is 0 Å². The van der Waals surface area contributed by atoms with Crippen LogP contribution in [0, 0.1) is 6.92 Å². The molecular formula is C20H31IN4O2. The minimum atomic E-state index is -0.0481. The topological polar surface area (TPSA) is 71.7 Å². The van der Waals surface area contributed by atoms with Gasteiger partial charge in [-0.15, -0.1) is 24.0 Å². The molecule has 0 aliphatic heterocycles. The van der Waals surface area contributed by atoms with Crippen molar-refractivity contribution >= 4 is 29.9 Å². The Balaban J connectivity index is 0.00000364. The molecule has 0 aliphatic rings. The number of para-hydroxylation sites is 1. The second-order valence-corrected chi connectivity index (χ2v) is 7.37. The van der Waals surface area contributed by atoms with Gasteiger partial charge < -0.3 is 19.8 Å². The van der Waals surface area contributed by atoms with Gasteiger partial charge in [0, 0.05) is 12.5 Å². The highest BCUT2D eigenvalue weighted by atomic mass is 127. The van der Waals surface area contributed by atoms with Crippen LogP contribution in [0.5, 0.6) is 5.75 Å².